The number of benzene rings is 1. The number of anilines is 1. The Kier molecular flexibility index (Phi) is 3.83. The van der Waals surface area contributed by atoms with Gasteiger partial charge in [-0.05, 0) is 18.2 Å². The van der Waals surface area contributed by atoms with Crippen molar-refractivity contribution >= 4 is 17.6 Å². The van der Waals surface area contributed by atoms with Crippen LogP contribution in [0.3, 0.4) is 0 Å². The number of halogens is 2. The summed E-state index contributed by atoms with van der Waals surface area (Å²) in [6, 6.07) is 3.56. The van der Waals surface area contributed by atoms with Gasteiger partial charge in [-0.3, -0.25) is 4.79 Å². The highest BCUT2D eigenvalue weighted by atomic mass is 19.3. The Morgan fingerprint density at radius 3 is 2.45 bits per heavy atom. The van der Waals surface area contributed by atoms with Crippen molar-refractivity contribution in [1.82, 2.24) is 0 Å². The van der Waals surface area contributed by atoms with Crippen molar-refractivity contribution in [2.75, 3.05) is 5.32 Å². The molecule has 0 saturated carbocycles. The molecule has 106 valence electrons. The van der Waals surface area contributed by atoms with Crippen LogP contribution in [0.5, 0.6) is 0 Å². The van der Waals surface area contributed by atoms with Gasteiger partial charge >= 0.3 is 12.4 Å². The van der Waals surface area contributed by atoms with E-state index in [9.17, 15) is 18.4 Å². The highest BCUT2D eigenvalue weighted by molar-refractivity contribution is 5.95. The van der Waals surface area contributed by atoms with E-state index in [1.165, 1.54) is 30.7 Å². The molecule has 0 aliphatic carbocycles. The molecule has 1 heterocycles. The van der Waals surface area contributed by atoms with Crippen molar-refractivity contribution in [1.29, 1.82) is 0 Å². The summed E-state index contributed by atoms with van der Waals surface area (Å²) in [7, 11) is 0. The molecule has 0 fully saturated rings. The van der Waals surface area contributed by atoms with Gasteiger partial charge < -0.3 is 19.9 Å². The largest absolute Gasteiger partial charge is 0.478 e. The van der Waals surface area contributed by atoms with Gasteiger partial charge in [0, 0.05) is 0 Å². The van der Waals surface area contributed by atoms with Crippen LogP contribution < -0.4 is 5.32 Å². The smallest absolute Gasteiger partial charge is 0.335 e. The fourth-order valence-electron chi connectivity index (χ4n) is 1.58. The maximum Gasteiger partial charge on any atom is 0.335 e. The van der Waals surface area contributed by atoms with Gasteiger partial charge in [0.25, 0.3) is 12.2 Å². The molecule has 1 aliphatic rings. The molecule has 0 atom stereocenters. The molecule has 1 amide bonds. The van der Waals surface area contributed by atoms with E-state index in [-0.39, 0.29) is 16.8 Å². The molecule has 0 spiro atoms. The topological polar surface area (TPSA) is 84.9 Å². The second-order valence-corrected chi connectivity index (χ2v) is 3.77. The molecular weight excluding hydrogens is 276 g/mol. The standard InChI is InChI=1S/C12H9F2NO5/c13-9(14)10(16)15-8-2-1-6(11(17)18)5-7(8)12-19-3-4-20-12/h1-5,9,12H,(H,15,16)(H,17,18). The number of carbonyl (C=O) groups excluding carboxylic acids is 1. The molecular formula is C12H9F2NO5. The van der Waals surface area contributed by atoms with Gasteiger partial charge in [0.15, 0.2) is 0 Å². The normalized spacial score (nSPS) is 13.9. The monoisotopic (exact) mass is 285 g/mol. The Balaban J connectivity index is 2.34. The minimum absolute atomic E-state index is 0.00556. The molecule has 0 radical (unpaired) electrons. The molecule has 0 aromatic heterocycles. The van der Waals surface area contributed by atoms with Crippen LogP contribution in [0.1, 0.15) is 22.2 Å². The Labute approximate surface area is 111 Å². The van der Waals surface area contributed by atoms with Crippen molar-refractivity contribution in [2.45, 2.75) is 12.7 Å². The lowest BCUT2D eigenvalue weighted by Gasteiger charge is -2.16. The van der Waals surface area contributed by atoms with Crippen LogP contribution in [-0.2, 0) is 14.3 Å². The van der Waals surface area contributed by atoms with Crippen molar-refractivity contribution < 1.29 is 33.0 Å². The molecule has 2 rings (SSSR count). The molecule has 6 nitrogen and oxygen atoms in total. The molecule has 8 heteroatoms. The fourth-order valence-corrected chi connectivity index (χ4v) is 1.58. The van der Waals surface area contributed by atoms with E-state index in [1.807, 2.05) is 5.32 Å². The zero-order valence-corrected chi connectivity index (χ0v) is 9.88. The molecule has 2 N–H and O–H groups in total. The SMILES string of the molecule is O=C(O)c1ccc(NC(=O)C(F)F)c(C2OC=CO2)c1. The maximum absolute atomic E-state index is 12.2. The molecule has 1 aliphatic heterocycles. The third kappa shape index (κ3) is 2.85. The first-order valence-electron chi connectivity index (χ1n) is 5.41. The van der Waals surface area contributed by atoms with Crippen LogP contribution in [-0.4, -0.2) is 23.4 Å². The van der Waals surface area contributed by atoms with Gasteiger partial charge in [0.05, 0.1) is 16.8 Å². The molecule has 0 bridgehead atoms. The Morgan fingerprint density at radius 1 is 1.25 bits per heavy atom. The second-order valence-electron chi connectivity index (χ2n) is 3.77. The summed E-state index contributed by atoms with van der Waals surface area (Å²) in [5.41, 5.74) is 0.0343. The van der Waals surface area contributed by atoms with Gasteiger partial charge in [-0.2, -0.15) is 8.78 Å². The summed E-state index contributed by atoms with van der Waals surface area (Å²) < 4.78 is 34.5. The first-order valence-corrected chi connectivity index (χ1v) is 5.41. The van der Waals surface area contributed by atoms with Crippen molar-refractivity contribution in [3.05, 3.63) is 41.9 Å². The lowest BCUT2D eigenvalue weighted by Crippen LogP contribution is -2.21. The lowest BCUT2D eigenvalue weighted by atomic mass is 10.1. The number of carboxylic acid groups (broad SMARTS) is 1. The average Bonchev–Trinajstić information content (AvgIpc) is 2.92. The van der Waals surface area contributed by atoms with Gasteiger partial charge in [-0.15, -0.1) is 0 Å². The highest BCUT2D eigenvalue weighted by Gasteiger charge is 2.24. The van der Waals surface area contributed by atoms with E-state index >= 15 is 0 Å². The molecule has 1 aromatic carbocycles. The first kappa shape index (κ1) is 13.8. The number of hydrogen-bond donors (Lipinski definition) is 2. The summed E-state index contributed by atoms with van der Waals surface area (Å²) in [5, 5.41) is 10.9. The maximum atomic E-state index is 12.2. The van der Waals surface area contributed by atoms with Crippen LogP contribution >= 0.6 is 0 Å². The van der Waals surface area contributed by atoms with E-state index in [0.717, 1.165) is 0 Å². The summed E-state index contributed by atoms with van der Waals surface area (Å²) >= 11 is 0. The van der Waals surface area contributed by atoms with Crippen molar-refractivity contribution in [2.24, 2.45) is 0 Å². The van der Waals surface area contributed by atoms with Gasteiger partial charge in [-0.25, -0.2) is 4.79 Å². The van der Waals surface area contributed by atoms with E-state index in [4.69, 9.17) is 14.6 Å². The van der Waals surface area contributed by atoms with E-state index in [2.05, 4.69) is 0 Å². The van der Waals surface area contributed by atoms with Crippen LogP contribution in [0.4, 0.5) is 14.5 Å². The number of carboxylic acids is 1. The van der Waals surface area contributed by atoms with Crippen LogP contribution in [0.2, 0.25) is 0 Å². The lowest BCUT2D eigenvalue weighted by molar-refractivity contribution is -0.126. The number of rotatable bonds is 4. The van der Waals surface area contributed by atoms with Gasteiger partial charge in [0.2, 0.25) is 0 Å². The molecule has 0 saturated heterocycles. The Hall–Kier alpha value is -2.64. The number of alkyl halides is 2. The predicted octanol–water partition coefficient (Wildman–Crippen LogP) is 2.10. The zero-order chi connectivity index (χ0) is 14.7. The summed E-state index contributed by atoms with van der Waals surface area (Å²) in [5.74, 6) is -2.70. The van der Waals surface area contributed by atoms with Crippen LogP contribution in [0.15, 0.2) is 30.7 Å². The van der Waals surface area contributed by atoms with Gasteiger partial charge in [-0.1, -0.05) is 0 Å². The molecule has 0 unspecified atom stereocenters. The number of amides is 1. The molecule has 20 heavy (non-hydrogen) atoms. The number of hydrogen-bond acceptors (Lipinski definition) is 4. The summed E-state index contributed by atoms with van der Waals surface area (Å²) in [6.45, 7) is 0. The van der Waals surface area contributed by atoms with E-state index in [1.54, 1.807) is 0 Å². The average molecular weight is 285 g/mol. The fraction of sp³-hybridized carbons (Fsp3) is 0.167. The minimum atomic E-state index is -3.19. The zero-order valence-electron chi connectivity index (χ0n) is 9.88. The summed E-state index contributed by atoms with van der Waals surface area (Å²) in [6.07, 6.45) is -1.75. The minimum Gasteiger partial charge on any atom is -0.478 e. The Morgan fingerprint density at radius 2 is 1.90 bits per heavy atom. The van der Waals surface area contributed by atoms with Crippen molar-refractivity contribution in [3.8, 4) is 0 Å². The first-order chi connectivity index (χ1) is 9.49. The van der Waals surface area contributed by atoms with Crippen LogP contribution in [0.25, 0.3) is 0 Å². The number of ether oxygens (including phenoxy) is 2. The Bertz CT molecular complexity index is 565. The van der Waals surface area contributed by atoms with Crippen LogP contribution in [0, 0.1) is 0 Å². The number of nitrogens with one attached hydrogen (secondary N) is 1. The third-order valence-corrected chi connectivity index (χ3v) is 2.47. The van der Waals surface area contributed by atoms with E-state index in [0.29, 0.717) is 0 Å². The quantitative estimate of drug-likeness (QED) is 0.885. The third-order valence-electron chi connectivity index (χ3n) is 2.47. The van der Waals surface area contributed by atoms with Crippen molar-refractivity contribution in [3.63, 3.8) is 0 Å². The number of aromatic carboxylic acids is 1. The predicted molar refractivity (Wildman–Crippen MR) is 62.1 cm³/mol. The summed E-state index contributed by atoms with van der Waals surface area (Å²) in [4.78, 5) is 21.9. The van der Waals surface area contributed by atoms with E-state index < -0.39 is 24.6 Å². The second kappa shape index (κ2) is 5.55. The molecule has 1 aromatic rings. The number of carbonyl (C=O) groups is 2. The van der Waals surface area contributed by atoms with Gasteiger partial charge in [0.1, 0.15) is 12.5 Å². The highest BCUT2D eigenvalue weighted by Crippen LogP contribution is 2.31.